The third kappa shape index (κ3) is 4.47. The maximum atomic E-state index is 12.0. The molecular weight excluding hydrogens is 286 g/mol. The van der Waals surface area contributed by atoms with E-state index in [0.29, 0.717) is 5.92 Å². The summed E-state index contributed by atoms with van der Waals surface area (Å²) in [4.78, 5) is 16.9. The van der Waals surface area contributed by atoms with Gasteiger partial charge in [-0.1, -0.05) is 24.6 Å². The maximum Gasteiger partial charge on any atom is 0.223 e. The largest absolute Gasteiger partial charge is 0.369 e. The number of benzene rings is 1. The van der Waals surface area contributed by atoms with Gasteiger partial charge >= 0.3 is 0 Å². The fourth-order valence-corrected chi connectivity index (χ4v) is 3.35. The van der Waals surface area contributed by atoms with Crippen LogP contribution >= 0.6 is 0 Å². The number of carbonyl (C=O) groups excluding carboxylic acids is 1. The van der Waals surface area contributed by atoms with Crippen molar-refractivity contribution in [1.29, 1.82) is 0 Å². The molecule has 1 N–H and O–H groups in total. The molecule has 0 radical (unpaired) electrons. The number of piperazine rings is 1. The Morgan fingerprint density at radius 2 is 1.87 bits per heavy atom. The van der Waals surface area contributed by atoms with E-state index in [1.165, 1.54) is 12.1 Å². The van der Waals surface area contributed by atoms with E-state index in [-0.39, 0.29) is 11.9 Å². The second kappa shape index (κ2) is 7.82. The molecular formula is C19H29N3O. The summed E-state index contributed by atoms with van der Waals surface area (Å²) >= 11 is 0. The standard InChI is InChI=1S/C19H29N3O/c1-16(20-19(23)17-6-5-7-17)10-11-21-12-14-22(15-13-21)18-8-3-2-4-9-18/h2-4,8-9,16-17H,5-7,10-15H2,1H3,(H,20,23)/t16-/m1/s1. The van der Waals surface area contributed by atoms with Crippen LogP contribution in [0, 0.1) is 5.92 Å². The fraction of sp³-hybridized carbons (Fsp3) is 0.632. The van der Waals surface area contributed by atoms with Gasteiger partial charge in [0.15, 0.2) is 0 Å². The van der Waals surface area contributed by atoms with E-state index < -0.39 is 0 Å². The van der Waals surface area contributed by atoms with Crippen molar-refractivity contribution < 1.29 is 4.79 Å². The van der Waals surface area contributed by atoms with Gasteiger partial charge in [-0.05, 0) is 38.3 Å². The summed E-state index contributed by atoms with van der Waals surface area (Å²) in [6, 6.07) is 10.9. The number of anilines is 1. The molecule has 4 heteroatoms. The van der Waals surface area contributed by atoms with Crippen LogP contribution in [0.5, 0.6) is 0 Å². The van der Waals surface area contributed by atoms with Crippen molar-refractivity contribution in [2.45, 2.75) is 38.6 Å². The Kier molecular flexibility index (Phi) is 5.55. The quantitative estimate of drug-likeness (QED) is 0.876. The lowest BCUT2D eigenvalue weighted by molar-refractivity contribution is -0.128. The smallest absolute Gasteiger partial charge is 0.223 e. The van der Waals surface area contributed by atoms with Gasteiger partial charge in [0.1, 0.15) is 0 Å². The number of para-hydroxylation sites is 1. The van der Waals surface area contributed by atoms with Crippen LogP contribution in [-0.4, -0.2) is 49.6 Å². The first-order valence-electron chi connectivity index (χ1n) is 9.05. The van der Waals surface area contributed by atoms with Gasteiger partial charge in [-0.25, -0.2) is 0 Å². The molecule has 0 spiro atoms. The second-order valence-corrected chi connectivity index (χ2v) is 6.99. The average Bonchev–Trinajstić information content (AvgIpc) is 2.52. The number of carbonyl (C=O) groups is 1. The highest BCUT2D eigenvalue weighted by atomic mass is 16.2. The van der Waals surface area contributed by atoms with Crippen molar-refractivity contribution in [3.05, 3.63) is 30.3 Å². The predicted octanol–water partition coefficient (Wildman–Crippen LogP) is 2.50. The second-order valence-electron chi connectivity index (χ2n) is 6.99. The molecule has 126 valence electrons. The minimum Gasteiger partial charge on any atom is -0.369 e. The molecule has 4 nitrogen and oxygen atoms in total. The van der Waals surface area contributed by atoms with Crippen LogP contribution < -0.4 is 10.2 Å². The Balaban J connectivity index is 1.35. The van der Waals surface area contributed by atoms with Crippen LogP contribution in [0.1, 0.15) is 32.6 Å². The minimum atomic E-state index is 0.276. The Morgan fingerprint density at radius 3 is 2.48 bits per heavy atom. The molecule has 0 unspecified atom stereocenters. The van der Waals surface area contributed by atoms with E-state index in [2.05, 4.69) is 52.4 Å². The fourth-order valence-electron chi connectivity index (χ4n) is 3.35. The Morgan fingerprint density at radius 1 is 1.17 bits per heavy atom. The van der Waals surface area contributed by atoms with Gasteiger partial charge in [0, 0.05) is 50.4 Å². The van der Waals surface area contributed by atoms with Crippen LogP contribution in [0.15, 0.2) is 30.3 Å². The van der Waals surface area contributed by atoms with Gasteiger partial charge < -0.3 is 10.2 Å². The number of nitrogens with zero attached hydrogens (tertiary/aromatic N) is 2. The highest BCUT2D eigenvalue weighted by Gasteiger charge is 2.26. The summed E-state index contributed by atoms with van der Waals surface area (Å²) < 4.78 is 0. The lowest BCUT2D eigenvalue weighted by Gasteiger charge is -2.36. The zero-order valence-electron chi connectivity index (χ0n) is 14.2. The number of rotatable bonds is 6. The molecule has 1 aromatic carbocycles. The number of amides is 1. The topological polar surface area (TPSA) is 35.6 Å². The van der Waals surface area contributed by atoms with Crippen molar-refractivity contribution >= 4 is 11.6 Å². The SMILES string of the molecule is C[C@H](CCN1CCN(c2ccccc2)CC1)NC(=O)C1CCC1. The van der Waals surface area contributed by atoms with Gasteiger partial charge in [0.25, 0.3) is 0 Å². The monoisotopic (exact) mass is 315 g/mol. The van der Waals surface area contributed by atoms with E-state index in [9.17, 15) is 4.79 Å². The van der Waals surface area contributed by atoms with Crippen molar-refractivity contribution in [2.75, 3.05) is 37.6 Å². The minimum absolute atomic E-state index is 0.276. The Labute approximate surface area is 139 Å². The van der Waals surface area contributed by atoms with E-state index in [4.69, 9.17) is 0 Å². The van der Waals surface area contributed by atoms with E-state index >= 15 is 0 Å². The van der Waals surface area contributed by atoms with Gasteiger partial charge in [0.2, 0.25) is 5.91 Å². The van der Waals surface area contributed by atoms with E-state index in [1.807, 2.05) is 0 Å². The average molecular weight is 315 g/mol. The molecule has 1 aromatic rings. The van der Waals surface area contributed by atoms with E-state index in [0.717, 1.165) is 52.0 Å². The summed E-state index contributed by atoms with van der Waals surface area (Å²) in [7, 11) is 0. The highest BCUT2D eigenvalue weighted by Crippen LogP contribution is 2.26. The van der Waals surface area contributed by atoms with Crippen molar-refractivity contribution in [1.82, 2.24) is 10.2 Å². The molecule has 3 rings (SSSR count). The summed E-state index contributed by atoms with van der Waals surface area (Å²) in [5.41, 5.74) is 1.33. The van der Waals surface area contributed by atoms with Crippen LogP contribution in [0.2, 0.25) is 0 Å². The summed E-state index contributed by atoms with van der Waals surface area (Å²) in [6.45, 7) is 7.61. The molecule has 1 saturated heterocycles. The summed E-state index contributed by atoms with van der Waals surface area (Å²) in [5, 5.41) is 3.18. The lowest BCUT2D eigenvalue weighted by atomic mass is 9.84. The van der Waals surface area contributed by atoms with Gasteiger partial charge in [0.05, 0.1) is 0 Å². The first-order chi connectivity index (χ1) is 11.2. The molecule has 1 aliphatic heterocycles. The molecule has 1 aliphatic carbocycles. The Bertz CT molecular complexity index is 493. The molecule has 1 saturated carbocycles. The third-order valence-electron chi connectivity index (χ3n) is 5.24. The number of nitrogens with one attached hydrogen (secondary N) is 1. The first-order valence-corrected chi connectivity index (χ1v) is 9.05. The maximum absolute atomic E-state index is 12.0. The zero-order valence-corrected chi connectivity index (χ0v) is 14.2. The summed E-state index contributed by atoms with van der Waals surface area (Å²) in [5.74, 6) is 0.574. The third-order valence-corrected chi connectivity index (χ3v) is 5.24. The van der Waals surface area contributed by atoms with Gasteiger partial charge in [-0.2, -0.15) is 0 Å². The van der Waals surface area contributed by atoms with Crippen molar-refractivity contribution in [3.8, 4) is 0 Å². The number of hydrogen-bond donors (Lipinski definition) is 1. The van der Waals surface area contributed by atoms with Gasteiger partial charge in [-0.3, -0.25) is 9.69 Å². The van der Waals surface area contributed by atoms with Crippen molar-refractivity contribution in [2.24, 2.45) is 5.92 Å². The van der Waals surface area contributed by atoms with Crippen molar-refractivity contribution in [3.63, 3.8) is 0 Å². The van der Waals surface area contributed by atoms with Crippen LogP contribution in [-0.2, 0) is 4.79 Å². The normalized spacial score (nSPS) is 20.8. The van der Waals surface area contributed by atoms with E-state index in [1.54, 1.807) is 0 Å². The summed E-state index contributed by atoms with van der Waals surface area (Å²) in [6.07, 6.45) is 4.43. The van der Waals surface area contributed by atoms with Gasteiger partial charge in [-0.15, -0.1) is 0 Å². The highest BCUT2D eigenvalue weighted by molar-refractivity contribution is 5.79. The molecule has 1 heterocycles. The molecule has 2 fully saturated rings. The molecule has 1 atom stereocenters. The van der Waals surface area contributed by atoms with Crippen LogP contribution in [0.4, 0.5) is 5.69 Å². The molecule has 0 bridgehead atoms. The lowest BCUT2D eigenvalue weighted by Crippen LogP contribution is -2.48. The molecule has 23 heavy (non-hydrogen) atoms. The van der Waals surface area contributed by atoms with Crippen LogP contribution in [0.25, 0.3) is 0 Å². The van der Waals surface area contributed by atoms with Crippen LogP contribution in [0.3, 0.4) is 0 Å². The zero-order chi connectivity index (χ0) is 16.1. The molecule has 1 amide bonds. The molecule has 2 aliphatic rings. The Hall–Kier alpha value is -1.55. The molecule has 0 aromatic heterocycles. The number of hydrogen-bond acceptors (Lipinski definition) is 3. The predicted molar refractivity (Wildman–Crippen MR) is 94.7 cm³/mol. The first kappa shape index (κ1) is 16.3.